The number of furan rings is 1. The molecule has 0 aromatic carbocycles. The van der Waals surface area contributed by atoms with Gasteiger partial charge in [0, 0.05) is 44.0 Å². The minimum atomic E-state index is -0.112. The number of nitrogens with one attached hydrogen (secondary N) is 2. The predicted molar refractivity (Wildman–Crippen MR) is 89.7 cm³/mol. The number of piperidine rings is 1. The number of anilines is 1. The first kappa shape index (κ1) is 15.8. The summed E-state index contributed by atoms with van der Waals surface area (Å²) >= 11 is 0. The third-order valence-corrected chi connectivity index (χ3v) is 4.33. The molecule has 2 N–H and O–H groups in total. The number of rotatable bonds is 6. The Morgan fingerprint density at radius 3 is 3.26 bits per heavy atom. The van der Waals surface area contributed by atoms with Crippen molar-refractivity contribution in [3.05, 3.63) is 46.9 Å². The van der Waals surface area contributed by atoms with Crippen molar-refractivity contribution in [3.63, 3.8) is 0 Å². The van der Waals surface area contributed by atoms with Gasteiger partial charge in [-0.15, -0.1) is 0 Å². The zero-order chi connectivity index (χ0) is 16.1. The first-order valence-corrected chi connectivity index (χ1v) is 8.29. The zero-order valence-electron chi connectivity index (χ0n) is 13.5. The van der Waals surface area contributed by atoms with Gasteiger partial charge in [0.25, 0.3) is 5.56 Å². The summed E-state index contributed by atoms with van der Waals surface area (Å²) in [7, 11) is 0. The fourth-order valence-electron chi connectivity index (χ4n) is 3.17. The van der Waals surface area contributed by atoms with Crippen LogP contribution >= 0.6 is 0 Å². The standard InChI is InChI=1S/C17H24N4O2/c1-13(6-7-15-5-3-11-23-15)20-14-4-2-10-21(12-14)16-17(22)19-9-8-18-16/h3,5,8-9,11,13-14,20H,2,4,6-7,10,12H2,1H3,(H,19,22)/t13-,14+/m1/s1. The Hall–Kier alpha value is -2.08. The Bertz CT molecular complexity index is 653. The Balaban J connectivity index is 1.52. The van der Waals surface area contributed by atoms with Crippen molar-refractivity contribution < 1.29 is 4.42 Å². The molecule has 1 saturated heterocycles. The smallest absolute Gasteiger partial charge is 0.290 e. The Morgan fingerprint density at radius 1 is 1.57 bits per heavy atom. The van der Waals surface area contributed by atoms with Gasteiger partial charge in [-0.25, -0.2) is 4.98 Å². The van der Waals surface area contributed by atoms with Crippen LogP contribution in [-0.2, 0) is 6.42 Å². The Morgan fingerprint density at radius 2 is 2.48 bits per heavy atom. The van der Waals surface area contributed by atoms with Gasteiger partial charge in [-0.05, 0) is 38.3 Å². The molecule has 2 atom stereocenters. The monoisotopic (exact) mass is 316 g/mol. The molecule has 6 nitrogen and oxygen atoms in total. The molecule has 2 aromatic rings. The molecule has 0 spiro atoms. The number of aromatic amines is 1. The molecule has 0 radical (unpaired) electrons. The van der Waals surface area contributed by atoms with E-state index in [4.69, 9.17) is 4.42 Å². The second-order valence-corrected chi connectivity index (χ2v) is 6.21. The molecule has 0 unspecified atom stereocenters. The molecule has 3 rings (SSSR count). The van der Waals surface area contributed by atoms with Crippen molar-refractivity contribution in [2.24, 2.45) is 0 Å². The van der Waals surface area contributed by atoms with E-state index in [9.17, 15) is 4.79 Å². The summed E-state index contributed by atoms with van der Waals surface area (Å²) in [6.45, 7) is 3.92. The zero-order valence-corrected chi connectivity index (χ0v) is 13.5. The van der Waals surface area contributed by atoms with E-state index < -0.39 is 0 Å². The molecule has 1 fully saturated rings. The van der Waals surface area contributed by atoms with Crippen molar-refractivity contribution in [1.82, 2.24) is 15.3 Å². The molecular formula is C17H24N4O2. The first-order valence-electron chi connectivity index (χ1n) is 8.29. The van der Waals surface area contributed by atoms with Gasteiger partial charge in [0.05, 0.1) is 6.26 Å². The summed E-state index contributed by atoms with van der Waals surface area (Å²) in [5.74, 6) is 1.56. The van der Waals surface area contributed by atoms with E-state index in [1.54, 1.807) is 18.7 Å². The number of hydrogen-bond acceptors (Lipinski definition) is 5. The molecule has 0 aliphatic carbocycles. The highest BCUT2D eigenvalue weighted by molar-refractivity contribution is 5.36. The molecule has 6 heteroatoms. The molecule has 23 heavy (non-hydrogen) atoms. The first-order chi connectivity index (χ1) is 11.2. The number of aromatic nitrogens is 2. The van der Waals surface area contributed by atoms with Crippen LogP contribution in [0.4, 0.5) is 5.82 Å². The topological polar surface area (TPSA) is 74.2 Å². The quantitative estimate of drug-likeness (QED) is 0.852. The summed E-state index contributed by atoms with van der Waals surface area (Å²) < 4.78 is 5.38. The largest absolute Gasteiger partial charge is 0.469 e. The maximum atomic E-state index is 11.9. The van der Waals surface area contributed by atoms with Crippen molar-refractivity contribution in [2.45, 2.75) is 44.7 Å². The molecule has 0 bridgehead atoms. The highest BCUT2D eigenvalue weighted by Crippen LogP contribution is 2.15. The third-order valence-electron chi connectivity index (χ3n) is 4.33. The van der Waals surface area contributed by atoms with Gasteiger partial charge in [-0.1, -0.05) is 0 Å². The Labute approximate surface area is 135 Å². The molecule has 0 saturated carbocycles. The van der Waals surface area contributed by atoms with E-state index in [1.165, 1.54) is 0 Å². The highest BCUT2D eigenvalue weighted by atomic mass is 16.3. The van der Waals surface area contributed by atoms with Crippen LogP contribution in [0.3, 0.4) is 0 Å². The van der Waals surface area contributed by atoms with Crippen molar-refractivity contribution in [1.29, 1.82) is 0 Å². The number of nitrogens with zero attached hydrogens (tertiary/aromatic N) is 2. The maximum absolute atomic E-state index is 11.9. The lowest BCUT2D eigenvalue weighted by Crippen LogP contribution is -2.50. The van der Waals surface area contributed by atoms with Crippen LogP contribution in [0, 0.1) is 0 Å². The van der Waals surface area contributed by atoms with E-state index in [-0.39, 0.29) is 5.56 Å². The minimum Gasteiger partial charge on any atom is -0.469 e. The van der Waals surface area contributed by atoms with Gasteiger partial charge in [-0.2, -0.15) is 0 Å². The summed E-state index contributed by atoms with van der Waals surface area (Å²) in [5.41, 5.74) is -0.112. The normalized spacial score (nSPS) is 19.7. The van der Waals surface area contributed by atoms with E-state index in [0.29, 0.717) is 17.9 Å². The van der Waals surface area contributed by atoms with Crippen LogP contribution in [0.1, 0.15) is 31.9 Å². The van der Waals surface area contributed by atoms with E-state index in [2.05, 4.69) is 27.1 Å². The molecule has 1 aliphatic rings. The van der Waals surface area contributed by atoms with Crippen LogP contribution < -0.4 is 15.8 Å². The average Bonchev–Trinajstić information content (AvgIpc) is 3.07. The lowest BCUT2D eigenvalue weighted by Gasteiger charge is -2.35. The van der Waals surface area contributed by atoms with E-state index in [0.717, 1.165) is 44.5 Å². The van der Waals surface area contributed by atoms with Crippen molar-refractivity contribution >= 4 is 5.82 Å². The molecule has 1 aliphatic heterocycles. The van der Waals surface area contributed by atoms with Crippen LogP contribution in [0.5, 0.6) is 0 Å². The Kier molecular flexibility index (Phi) is 5.12. The van der Waals surface area contributed by atoms with Gasteiger partial charge in [0.2, 0.25) is 0 Å². The van der Waals surface area contributed by atoms with Crippen LogP contribution in [0.15, 0.2) is 40.0 Å². The van der Waals surface area contributed by atoms with Gasteiger partial charge in [0.15, 0.2) is 5.82 Å². The summed E-state index contributed by atoms with van der Waals surface area (Å²) in [5, 5.41) is 3.68. The summed E-state index contributed by atoms with van der Waals surface area (Å²) in [4.78, 5) is 20.9. The fourth-order valence-corrected chi connectivity index (χ4v) is 3.17. The molecular weight excluding hydrogens is 292 g/mol. The fraction of sp³-hybridized carbons (Fsp3) is 0.529. The summed E-state index contributed by atoms with van der Waals surface area (Å²) in [6.07, 6.45) is 9.11. The summed E-state index contributed by atoms with van der Waals surface area (Å²) in [6, 6.07) is 4.74. The third kappa shape index (κ3) is 4.22. The molecule has 3 heterocycles. The lowest BCUT2D eigenvalue weighted by molar-refractivity contribution is 0.366. The van der Waals surface area contributed by atoms with Crippen LogP contribution in [0.25, 0.3) is 0 Å². The molecule has 2 aromatic heterocycles. The van der Waals surface area contributed by atoms with Gasteiger partial charge < -0.3 is 19.6 Å². The number of aryl methyl sites for hydroxylation is 1. The van der Waals surface area contributed by atoms with Gasteiger partial charge in [0.1, 0.15) is 5.76 Å². The molecule has 124 valence electrons. The predicted octanol–water partition coefficient (Wildman–Crippen LogP) is 1.94. The number of H-pyrrole nitrogens is 1. The minimum absolute atomic E-state index is 0.112. The van der Waals surface area contributed by atoms with Gasteiger partial charge >= 0.3 is 0 Å². The SMILES string of the molecule is C[C@H](CCc1ccco1)N[C@H]1CCCN(c2ncc[nH]c2=O)C1. The second kappa shape index (κ2) is 7.46. The average molecular weight is 316 g/mol. The molecule has 0 amide bonds. The van der Waals surface area contributed by atoms with Crippen molar-refractivity contribution in [2.75, 3.05) is 18.0 Å². The lowest BCUT2D eigenvalue weighted by atomic mass is 10.0. The second-order valence-electron chi connectivity index (χ2n) is 6.21. The van der Waals surface area contributed by atoms with Gasteiger partial charge in [-0.3, -0.25) is 4.79 Å². The van der Waals surface area contributed by atoms with Crippen LogP contribution in [0.2, 0.25) is 0 Å². The van der Waals surface area contributed by atoms with Crippen molar-refractivity contribution in [3.8, 4) is 0 Å². The van der Waals surface area contributed by atoms with E-state index in [1.807, 2.05) is 12.1 Å². The highest BCUT2D eigenvalue weighted by Gasteiger charge is 2.23. The van der Waals surface area contributed by atoms with E-state index >= 15 is 0 Å². The van der Waals surface area contributed by atoms with Crippen LogP contribution in [-0.4, -0.2) is 35.1 Å². The maximum Gasteiger partial charge on any atom is 0.290 e. The number of hydrogen-bond donors (Lipinski definition) is 2.